The molecule has 2 aliphatic carbocycles. The number of nitrogens with one attached hydrogen (secondary N) is 2. The van der Waals surface area contributed by atoms with E-state index in [0.717, 1.165) is 25.7 Å². The van der Waals surface area contributed by atoms with Crippen molar-refractivity contribution in [1.82, 2.24) is 15.5 Å². The molecule has 0 spiro atoms. The van der Waals surface area contributed by atoms with Gasteiger partial charge in [-0.15, -0.1) is 0 Å². The second-order valence-corrected chi connectivity index (χ2v) is 10.3. The molecule has 3 atom stereocenters. The van der Waals surface area contributed by atoms with Gasteiger partial charge in [0.05, 0.1) is 6.54 Å². The SMILES string of the molecule is C=C1CCC(N2Cc3c(ccc(O[C@H]4CCCC[C@@H]4NC4CCC(F)(F)CC4)c3F)C2=O)C(=O)N1. The van der Waals surface area contributed by atoms with Crippen LogP contribution in [0.4, 0.5) is 13.2 Å². The van der Waals surface area contributed by atoms with Gasteiger partial charge >= 0.3 is 0 Å². The molecule has 6 nitrogen and oxygen atoms in total. The van der Waals surface area contributed by atoms with Crippen LogP contribution in [-0.2, 0) is 11.3 Å². The molecule has 3 fully saturated rings. The minimum absolute atomic E-state index is 0.0117. The fourth-order valence-electron chi connectivity index (χ4n) is 5.85. The summed E-state index contributed by atoms with van der Waals surface area (Å²) in [6, 6.07) is 2.39. The van der Waals surface area contributed by atoms with E-state index in [9.17, 15) is 18.4 Å². The lowest BCUT2D eigenvalue weighted by molar-refractivity contribution is -0.126. The molecular weight excluding hydrogens is 459 g/mol. The Labute approximate surface area is 203 Å². The van der Waals surface area contributed by atoms with E-state index in [1.807, 2.05) is 0 Å². The van der Waals surface area contributed by atoms with Gasteiger partial charge in [-0.2, -0.15) is 0 Å². The zero-order valence-electron chi connectivity index (χ0n) is 19.8. The maximum Gasteiger partial charge on any atom is 0.255 e. The number of carbonyl (C=O) groups is 2. The molecule has 2 amide bonds. The molecular formula is C26H32F3N3O3. The average Bonchev–Trinajstić information content (AvgIpc) is 3.15. The molecule has 0 aromatic heterocycles. The summed E-state index contributed by atoms with van der Waals surface area (Å²) in [6.07, 6.45) is 4.92. The first-order valence-electron chi connectivity index (χ1n) is 12.6. The Morgan fingerprint density at radius 1 is 1.09 bits per heavy atom. The minimum Gasteiger partial charge on any atom is -0.486 e. The summed E-state index contributed by atoms with van der Waals surface area (Å²) in [5.41, 5.74) is 1.13. The van der Waals surface area contributed by atoms with Crippen LogP contribution in [0, 0.1) is 5.82 Å². The zero-order chi connectivity index (χ0) is 24.7. The summed E-state index contributed by atoms with van der Waals surface area (Å²) in [7, 11) is 0. The highest BCUT2D eigenvalue weighted by molar-refractivity contribution is 6.01. The number of rotatable bonds is 5. The van der Waals surface area contributed by atoms with Crippen molar-refractivity contribution in [3.63, 3.8) is 0 Å². The van der Waals surface area contributed by atoms with Crippen LogP contribution in [0.5, 0.6) is 5.75 Å². The van der Waals surface area contributed by atoms with E-state index in [-0.39, 0.29) is 66.3 Å². The zero-order valence-corrected chi connectivity index (χ0v) is 19.8. The normalized spacial score (nSPS) is 29.2. The molecule has 35 heavy (non-hydrogen) atoms. The van der Waals surface area contributed by atoms with E-state index in [1.54, 1.807) is 6.07 Å². The van der Waals surface area contributed by atoms with Crippen LogP contribution in [0.3, 0.4) is 0 Å². The lowest BCUT2D eigenvalue weighted by Gasteiger charge is -2.37. The van der Waals surface area contributed by atoms with Gasteiger partial charge in [0.1, 0.15) is 12.1 Å². The Morgan fingerprint density at radius 2 is 1.83 bits per heavy atom. The van der Waals surface area contributed by atoms with E-state index in [2.05, 4.69) is 17.2 Å². The van der Waals surface area contributed by atoms with Gasteiger partial charge in [-0.3, -0.25) is 9.59 Å². The van der Waals surface area contributed by atoms with E-state index < -0.39 is 17.8 Å². The van der Waals surface area contributed by atoms with Crippen molar-refractivity contribution in [2.45, 2.75) is 101 Å². The number of fused-ring (bicyclic) bond motifs is 1. The Balaban J connectivity index is 1.28. The predicted octanol–water partition coefficient (Wildman–Crippen LogP) is 4.43. The summed E-state index contributed by atoms with van der Waals surface area (Å²) in [5, 5.41) is 6.19. The average molecular weight is 492 g/mol. The Morgan fingerprint density at radius 3 is 2.57 bits per heavy atom. The largest absolute Gasteiger partial charge is 0.486 e. The number of nitrogens with zero attached hydrogens (tertiary/aromatic N) is 1. The van der Waals surface area contributed by atoms with Gasteiger partial charge in [-0.25, -0.2) is 13.2 Å². The molecule has 9 heteroatoms. The third-order valence-electron chi connectivity index (χ3n) is 7.87. The molecule has 190 valence electrons. The van der Waals surface area contributed by atoms with Crippen LogP contribution >= 0.6 is 0 Å². The van der Waals surface area contributed by atoms with Gasteiger partial charge in [-0.1, -0.05) is 13.0 Å². The van der Waals surface area contributed by atoms with Crippen LogP contribution in [0.1, 0.15) is 80.1 Å². The van der Waals surface area contributed by atoms with Crippen LogP contribution < -0.4 is 15.4 Å². The van der Waals surface area contributed by atoms with Crippen molar-refractivity contribution in [3.05, 3.63) is 41.4 Å². The summed E-state index contributed by atoms with van der Waals surface area (Å²) in [4.78, 5) is 26.8. The molecule has 0 radical (unpaired) electrons. The first-order chi connectivity index (χ1) is 16.7. The molecule has 5 rings (SSSR count). The second-order valence-electron chi connectivity index (χ2n) is 10.3. The van der Waals surface area contributed by atoms with Gasteiger partial charge in [0.25, 0.3) is 5.91 Å². The number of piperidine rings is 1. The fourth-order valence-corrected chi connectivity index (χ4v) is 5.85. The van der Waals surface area contributed by atoms with Crippen LogP contribution in [0.15, 0.2) is 24.4 Å². The number of amides is 2. The molecule has 2 saturated carbocycles. The molecule has 1 unspecified atom stereocenters. The van der Waals surface area contributed by atoms with E-state index >= 15 is 4.39 Å². The van der Waals surface area contributed by atoms with Gasteiger partial charge < -0.3 is 20.3 Å². The summed E-state index contributed by atoms with van der Waals surface area (Å²) >= 11 is 0. The highest BCUT2D eigenvalue weighted by Gasteiger charge is 2.41. The minimum atomic E-state index is -2.58. The monoisotopic (exact) mass is 491 g/mol. The Bertz CT molecular complexity index is 1020. The van der Waals surface area contributed by atoms with E-state index in [1.165, 1.54) is 11.0 Å². The lowest BCUT2D eigenvalue weighted by Crippen LogP contribution is -2.51. The number of halogens is 3. The van der Waals surface area contributed by atoms with Crippen LogP contribution in [-0.4, -0.2) is 46.9 Å². The Hall–Kier alpha value is -2.55. The molecule has 2 heterocycles. The van der Waals surface area contributed by atoms with Gasteiger partial charge in [-0.05, 0) is 57.1 Å². The van der Waals surface area contributed by atoms with Crippen molar-refractivity contribution in [3.8, 4) is 5.75 Å². The highest BCUT2D eigenvalue weighted by Crippen LogP contribution is 2.36. The number of benzene rings is 1. The highest BCUT2D eigenvalue weighted by atomic mass is 19.3. The second kappa shape index (κ2) is 9.48. The van der Waals surface area contributed by atoms with E-state index in [0.29, 0.717) is 31.4 Å². The molecule has 1 aromatic rings. The van der Waals surface area contributed by atoms with Gasteiger partial charge in [0.15, 0.2) is 11.6 Å². The maximum absolute atomic E-state index is 15.6. The van der Waals surface area contributed by atoms with Crippen LogP contribution in [0.25, 0.3) is 0 Å². The first-order valence-corrected chi connectivity index (χ1v) is 12.6. The third kappa shape index (κ3) is 4.92. The molecule has 4 aliphatic rings. The summed E-state index contributed by atoms with van der Waals surface area (Å²) in [6.45, 7) is 3.78. The van der Waals surface area contributed by atoms with E-state index in [4.69, 9.17) is 4.74 Å². The predicted molar refractivity (Wildman–Crippen MR) is 124 cm³/mol. The molecule has 2 N–H and O–H groups in total. The molecule has 0 bridgehead atoms. The van der Waals surface area contributed by atoms with Crippen molar-refractivity contribution in [2.75, 3.05) is 0 Å². The van der Waals surface area contributed by atoms with Crippen molar-refractivity contribution >= 4 is 11.8 Å². The number of alkyl halides is 2. The first kappa shape index (κ1) is 24.2. The van der Waals surface area contributed by atoms with Gasteiger partial charge in [0.2, 0.25) is 11.8 Å². The number of hydrogen-bond acceptors (Lipinski definition) is 4. The summed E-state index contributed by atoms with van der Waals surface area (Å²) < 4.78 is 48.8. The van der Waals surface area contributed by atoms with Crippen molar-refractivity contribution in [1.29, 1.82) is 0 Å². The smallest absolute Gasteiger partial charge is 0.255 e. The maximum atomic E-state index is 15.6. The fraction of sp³-hybridized carbons (Fsp3) is 0.615. The topological polar surface area (TPSA) is 70.7 Å². The van der Waals surface area contributed by atoms with Crippen molar-refractivity contribution < 1.29 is 27.5 Å². The molecule has 1 saturated heterocycles. The molecule has 1 aromatic carbocycles. The quantitative estimate of drug-likeness (QED) is 0.639. The van der Waals surface area contributed by atoms with Crippen molar-refractivity contribution in [2.24, 2.45) is 0 Å². The number of carbonyl (C=O) groups excluding carboxylic acids is 2. The van der Waals surface area contributed by atoms with Crippen LogP contribution in [0.2, 0.25) is 0 Å². The molecule has 2 aliphatic heterocycles. The Kier molecular flexibility index (Phi) is 6.55. The lowest BCUT2D eigenvalue weighted by atomic mass is 9.88. The number of allylic oxidation sites excluding steroid dienone is 1. The number of ether oxygens (including phenoxy) is 1. The number of hydrogen-bond donors (Lipinski definition) is 2. The standard InChI is InChI=1S/C26H32F3N3O3/c1-15-6-8-20(24(33)30-15)32-14-18-17(25(32)34)7-9-22(23(18)27)35-21-5-3-2-4-19(21)31-16-10-12-26(28,29)13-11-16/h7,9,16,19-21,31H,1-6,8,10-14H2,(H,30,33)/t19-,20?,21-/m0/s1. The third-order valence-corrected chi connectivity index (χ3v) is 7.87. The summed E-state index contributed by atoms with van der Waals surface area (Å²) in [5.74, 6) is -3.71. The van der Waals surface area contributed by atoms with Gasteiger partial charge in [0, 0.05) is 41.7 Å².